The molecule has 7 heteroatoms. The summed E-state index contributed by atoms with van der Waals surface area (Å²) in [5, 5.41) is 0.626. The van der Waals surface area contributed by atoms with E-state index < -0.39 is 23.6 Å². The Kier molecular flexibility index (Phi) is 5.59. The number of hydrogen-bond acceptors (Lipinski definition) is 7. The second-order valence-electron chi connectivity index (χ2n) is 7.47. The van der Waals surface area contributed by atoms with Gasteiger partial charge in [-0.25, -0.2) is 9.59 Å². The Morgan fingerprint density at radius 2 is 1.90 bits per heavy atom. The predicted octanol–water partition coefficient (Wildman–Crippen LogP) is 4.04. The van der Waals surface area contributed by atoms with E-state index in [9.17, 15) is 9.59 Å². The van der Waals surface area contributed by atoms with Gasteiger partial charge in [-0.3, -0.25) is 0 Å². The first-order valence-electron chi connectivity index (χ1n) is 10.2. The van der Waals surface area contributed by atoms with Gasteiger partial charge in [0.15, 0.2) is 11.5 Å². The van der Waals surface area contributed by atoms with Crippen LogP contribution in [-0.2, 0) is 9.53 Å². The molecule has 0 spiro atoms. The Labute approximate surface area is 179 Å². The van der Waals surface area contributed by atoms with Crippen LogP contribution in [0.25, 0.3) is 11.0 Å². The number of para-hydroxylation sites is 1. The molecule has 0 aliphatic carbocycles. The fraction of sp³-hybridized carbons (Fsp3) is 0.333. The van der Waals surface area contributed by atoms with Crippen LogP contribution in [0.3, 0.4) is 0 Å². The normalized spacial score (nSPS) is 17.3. The minimum absolute atomic E-state index is 0.0915. The summed E-state index contributed by atoms with van der Waals surface area (Å²) in [7, 11) is 1.55. The zero-order valence-corrected chi connectivity index (χ0v) is 17.8. The van der Waals surface area contributed by atoms with E-state index in [1.807, 2.05) is 19.9 Å². The van der Waals surface area contributed by atoms with Gasteiger partial charge < -0.3 is 23.4 Å². The van der Waals surface area contributed by atoms with Crippen molar-refractivity contribution in [1.29, 1.82) is 0 Å². The molecule has 2 heterocycles. The average molecular weight is 424 g/mol. The van der Waals surface area contributed by atoms with Crippen molar-refractivity contribution in [3.05, 3.63) is 64.0 Å². The Hall–Kier alpha value is -3.48. The van der Waals surface area contributed by atoms with Gasteiger partial charge in [0.25, 0.3) is 0 Å². The summed E-state index contributed by atoms with van der Waals surface area (Å²) in [6.45, 7) is 5.73. The molecule has 0 N–H and O–H groups in total. The van der Waals surface area contributed by atoms with E-state index in [0.717, 1.165) is 0 Å². The van der Waals surface area contributed by atoms with Crippen LogP contribution in [0.5, 0.6) is 17.2 Å². The number of ether oxygens (including phenoxy) is 4. The number of esters is 1. The Balaban J connectivity index is 1.92. The van der Waals surface area contributed by atoms with Crippen LogP contribution in [0.15, 0.2) is 51.7 Å². The standard InChI is InChI=1S/C24H24O7/c1-5-28-24(26)22-19(14-10-11-17(27-4)18(12-14)29-13(2)3)20-21(31-22)15-8-6-7-9-16(15)30-23(20)25/h6-13,19,22H,5H2,1-4H3/t19-,22+/m1/s1. The van der Waals surface area contributed by atoms with Crippen LogP contribution in [0.2, 0.25) is 0 Å². The molecule has 3 aromatic rings. The Bertz CT molecular complexity index is 1180. The van der Waals surface area contributed by atoms with E-state index in [-0.39, 0.29) is 18.3 Å². The SMILES string of the molecule is CCOC(=O)[C@H]1Oc2c(c(=O)oc3ccccc23)[C@H]1c1ccc(OC)c(OC(C)C)c1. The number of carbonyl (C=O) groups is 1. The number of benzene rings is 2. The number of hydrogen-bond donors (Lipinski definition) is 0. The molecule has 4 rings (SSSR count). The van der Waals surface area contributed by atoms with Crippen molar-refractivity contribution in [2.45, 2.75) is 38.9 Å². The second kappa shape index (κ2) is 8.34. The highest BCUT2D eigenvalue weighted by molar-refractivity contribution is 5.88. The zero-order chi connectivity index (χ0) is 22.1. The third-order valence-corrected chi connectivity index (χ3v) is 5.09. The van der Waals surface area contributed by atoms with Crippen molar-refractivity contribution in [1.82, 2.24) is 0 Å². The number of methoxy groups -OCH3 is 1. The first-order chi connectivity index (χ1) is 14.9. The summed E-state index contributed by atoms with van der Waals surface area (Å²) in [5.41, 5.74) is 0.800. The van der Waals surface area contributed by atoms with Gasteiger partial charge >= 0.3 is 11.6 Å². The summed E-state index contributed by atoms with van der Waals surface area (Å²) >= 11 is 0. The summed E-state index contributed by atoms with van der Waals surface area (Å²) in [4.78, 5) is 25.8. The molecule has 162 valence electrons. The van der Waals surface area contributed by atoms with Crippen LogP contribution < -0.4 is 19.8 Å². The number of rotatable bonds is 6. The third kappa shape index (κ3) is 3.71. The van der Waals surface area contributed by atoms with E-state index >= 15 is 0 Å². The lowest BCUT2D eigenvalue weighted by atomic mass is 9.88. The minimum Gasteiger partial charge on any atom is -0.493 e. The molecule has 0 saturated carbocycles. The van der Waals surface area contributed by atoms with Crippen molar-refractivity contribution >= 4 is 16.9 Å². The van der Waals surface area contributed by atoms with E-state index in [0.29, 0.717) is 33.8 Å². The molecular formula is C24H24O7. The molecular weight excluding hydrogens is 400 g/mol. The van der Waals surface area contributed by atoms with Crippen molar-refractivity contribution in [3.8, 4) is 17.2 Å². The first kappa shape index (κ1) is 20.8. The van der Waals surface area contributed by atoms with Gasteiger partial charge in [0.2, 0.25) is 6.10 Å². The predicted molar refractivity (Wildman–Crippen MR) is 114 cm³/mol. The molecule has 0 unspecified atom stereocenters. The lowest BCUT2D eigenvalue weighted by Gasteiger charge is -2.20. The second-order valence-corrected chi connectivity index (χ2v) is 7.47. The Morgan fingerprint density at radius 3 is 2.61 bits per heavy atom. The highest BCUT2D eigenvalue weighted by Crippen LogP contribution is 2.46. The molecule has 7 nitrogen and oxygen atoms in total. The van der Waals surface area contributed by atoms with Crippen LogP contribution in [-0.4, -0.2) is 31.9 Å². The van der Waals surface area contributed by atoms with Gasteiger partial charge in [0.05, 0.1) is 36.7 Å². The van der Waals surface area contributed by atoms with E-state index in [1.54, 1.807) is 50.4 Å². The number of fused-ring (bicyclic) bond motifs is 3. The van der Waals surface area contributed by atoms with E-state index in [4.69, 9.17) is 23.4 Å². The first-order valence-corrected chi connectivity index (χ1v) is 10.2. The number of carbonyl (C=O) groups excluding carboxylic acids is 1. The summed E-state index contributed by atoms with van der Waals surface area (Å²) in [6, 6.07) is 12.4. The van der Waals surface area contributed by atoms with Gasteiger partial charge in [-0.2, -0.15) is 0 Å². The zero-order valence-electron chi connectivity index (χ0n) is 17.8. The smallest absolute Gasteiger partial charge is 0.348 e. The van der Waals surface area contributed by atoms with Gasteiger partial charge in [-0.1, -0.05) is 18.2 Å². The molecule has 31 heavy (non-hydrogen) atoms. The molecule has 1 aromatic heterocycles. The lowest BCUT2D eigenvalue weighted by molar-refractivity contribution is -0.151. The molecule has 2 aromatic carbocycles. The molecule has 0 saturated heterocycles. The van der Waals surface area contributed by atoms with Gasteiger partial charge in [-0.15, -0.1) is 0 Å². The van der Waals surface area contributed by atoms with Crippen LogP contribution in [0, 0.1) is 0 Å². The van der Waals surface area contributed by atoms with E-state index in [1.165, 1.54) is 0 Å². The quantitative estimate of drug-likeness (QED) is 0.436. The van der Waals surface area contributed by atoms with Crippen LogP contribution in [0.4, 0.5) is 0 Å². The summed E-state index contributed by atoms with van der Waals surface area (Å²) in [5.74, 6) is 0.146. The van der Waals surface area contributed by atoms with Crippen molar-refractivity contribution < 1.29 is 28.2 Å². The Morgan fingerprint density at radius 1 is 1.13 bits per heavy atom. The lowest BCUT2D eigenvalue weighted by Crippen LogP contribution is -2.32. The van der Waals surface area contributed by atoms with E-state index in [2.05, 4.69) is 0 Å². The molecule has 0 amide bonds. The molecule has 0 radical (unpaired) electrons. The summed E-state index contributed by atoms with van der Waals surface area (Å²) in [6.07, 6.45) is -1.12. The van der Waals surface area contributed by atoms with Crippen LogP contribution >= 0.6 is 0 Å². The fourth-order valence-corrected chi connectivity index (χ4v) is 3.86. The van der Waals surface area contributed by atoms with Crippen LogP contribution in [0.1, 0.15) is 37.8 Å². The molecule has 0 bridgehead atoms. The van der Waals surface area contributed by atoms with Gasteiger partial charge in [-0.05, 0) is 50.6 Å². The van der Waals surface area contributed by atoms with Gasteiger partial charge in [0.1, 0.15) is 11.3 Å². The fourth-order valence-electron chi connectivity index (χ4n) is 3.86. The highest BCUT2D eigenvalue weighted by Gasteiger charge is 2.45. The van der Waals surface area contributed by atoms with Crippen molar-refractivity contribution in [3.63, 3.8) is 0 Å². The molecule has 1 aliphatic rings. The summed E-state index contributed by atoms with van der Waals surface area (Å²) < 4.78 is 28.1. The average Bonchev–Trinajstić information content (AvgIpc) is 3.15. The molecule has 0 fully saturated rings. The molecule has 1 aliphatic heterocycles. The topological polar surface area (TPSA) is 84.2 Å². The van der Waals surface area contributed by atoms with Crippen molar-refractivity contribution in [2.24, 2.45) is 0 Å². The monoisotopic (exact) mass is 424 g/mol. The van der Waals surface area contributed by atoms with Crippen molar-refractivity contribution in [2.75, 3.05) is 13.7 Å². The molecule has 2 atom stereocenters. The third-order valence-electron chi connectivity index (χ3n) is 5.09. The largest absolute Gasteiger partial charge is 0.493 e. The maximum Gasteiger partial charge on any atom is 0.348 e. The maximum atomic E-state index is 13.0. The minimum atomic E-state index is -1.02. The highest BCUT2D eigenvalue weighted by atomic mass is 16.6. The van der Waals surface area contributed by atoms with Gasteiger partial charge in [0, 0.05) is 0 Å². The maximum absolute atomic E-state index is 13.0.